The summed E-state index contributed by atoms with van der Waals surface area (Å²) in [7, 11) is 0. The molecule has 3 aliphatic rings. The Morgan fingerprint density at radius 3 is 2.47 bits per heavy atom. The second-order valence-corrected chi connectivity index (χ2v) is 10.8. The van der Waals surface area contributed by atoms with Crippen LogP contribution in [-0.4, -0.2) is 69.8 Å². The summed E-state index contributed by atoms with van der Waals surface area (Å²) < 4.78 is 8.59. The first-order valence-electron chi connectivity index (χ1n) is 12.6. The fraction of sp³-hybridized carbons (Fsp3) is 0.444. The molecule has 5 rings (SSSR count). The average molecular weight is 509 g/mol. The van der Waals surface area contributed by atoms with E-state index >= 15 is 0 Å². The van der Waals surface area contributed by atoms with Gasteiger partial charge in [0.15, 0.2) is 0 Å². The van der Waals surface area contributed by atoms with Crippen LogP contribution in [0.2, 0.25) is 0 Å². The number of rotatable bonds is 8. The summed E-state index contributed by atoms with van der Waals surface area (Å²) in [5.74, 6) is 0.899. The van der Waals surface area contributed by atoms with Crippen molar-refractivity contribution in [3.63, 3.8) is 0 Å². The molecule has 0 radical (unpaired) electrons. The molecule has 3 amide bonds. The van der Waals surface area contributed by atoms with E-state index in [2.05, 4.69) is 45.7 Å². The van der Waals surface area contributed by atoms with Crippen LogP contribution in [0.5, 0.6) is 5.75 Å². The number of carbonyl (C=O) groups is 3. The topological polar surface area (TPSA) is 82.2 Å². The molecular formula is C27H32N4O4S. The molecule has 0 aromatic heterocycles. The van der Waals surface area contributed by atoms with Gasteiger partial charge in [-0.1, -0.05) is 49.2 Å². The first kappa shape index (κ1) is 24.8. The van der Waals surface area contributed by atoms with Crippen molar-refractivity contribution in [3.05, 3.63) is 64.7 Å². The highest BCUT2D eigenvalue weighted by Gasteiger charge is 2.40. The Kier molecular flexibility index (Phi) is 7.59. The van der Waals surface area contributed by atoms with E-state index in [1.807, 2.05) is 24.1 Å². The maximum Gasteiger partial charge on any atom is 0.255 e. The van der Waals surface area contributed by atoms with Gasteiger partial charge in [0.1, 0.15) is 18.4 Å². The van der Waals surface area contributed by atoms with Crippen molar-refractivity contribution in [2.75, 3.05) is 31.9 Å². The fourth-order valence-electron chi connectivity index (χ4n) is 5.05. The Morgan fingerprint density at radius 1 is 1.00 bits per heavy atom. The van der Waals surface area contributed by atoms with Gasteiger partial charge in [-0.25, -0.2) is 4.31 Å². The molecule has 2 aromatic rings. The summed E-state index contributed by atoms with van der Waals surface area (Å²) >= 11 is 1.92. The summed E-state index contributed by atoms with van der Waals surface area (Å²) in [4.78, 5) is 40.9. The minimum atomic E-state index is -0.628. The summed E-state index contributed by atoms with van der Waals surface area (Å²) in [5, 5.41) is 2.34. The number of ether oxygens (including phenoxy) is 1. The zero-order valence-corrected chi connectivity index (χ0v) is 21.4. The van der Waals surface area contributed by atoms with E-state index in [1.165, 1.54) is 5.56 Å². The number of nitrogens with zero attached hydrogens (tertiary/aromatic N) is 3. The van der Waals surface area contributed by atoms with Crippen molar-refractivity contribution >= 4 is 29.7 Å². The molecule has 190 valence electrons. The van der Waals surface area contributed by atoms with Gasteiger partial charge in [0.05, 0.1) is 6.54 Å². The minimum Gasteiger partial charge on any atom is -0.489 e. The Hall–Kier alpha value is -2.88. The normalized spacial score (nSPS) is 21.0. The van der Waals surface area contributed by atoms with E-state index in [4.69, 9.17) is 4.74 Å². The molecule has 0 bridgehead atoms. The standard InChI is InChI=1S/C27H32N4O4S/c1-2-36-30-14-12-29(13-15-30)16-19-6-8-20(9-7-19)18-35-24-5-3-4-21-22(24)17-31(27(21)34)23-10-11-25(32)28-26(23)33/h3-9,23H,2,10-18H2,1H3,(H,28,32,33). The van der Waals surface area contributed by atoms with Crippen molar-refractivity contribution in [1.82, 2.24) is 19.4 Å². The van der Waals surface area contributed by atoms with Gasteiger partial charge >= 0.3 is 0 Å². The Balaban J connectivity index is 1.17. The van der Waals surface area contributed by atoms with Crippen molar-refractivity contribution in [2.24, 2.45) is 0 Å². The smallest absolute Gasteiger partial charge is 0.255 e. The highest BCUT2D eigenvalue weighted by Crippen LogP contribution is 2.34. The Bertz CT molecular complexity index is 1130. The van der Waals surface area contributed by atoms with Crippen LogP contribution in [0.15, 0.2) is 42.5 Å². The lowest BCUT2D eigenvalue weighted by Crippen LogP contribution is -2.52. The van der Waals surface area contributed by atoms with E-state index in [1.54, 1.807) is 11.0 Å². The molecule has 3 heterocycles. The zero-order valence-electron chi connectivity index (χ0n) is 20.6. The van der Waals surface area contributed by atoms with Gasteiger partial charge in [-0.2, -0.15) is 0 Å². The number of piperidine rings is 1. The Labute approximate surface area is 216 Å². The molecule has 0 saturated carbocycles. The molecule has 2 aromatic carbocycles. The third-order valence-corrected chi connectivity index (χ3v) is 7.99. The molecule has 1 unspecified atom stereocenters. The molecule has 1 atom stereocenters. The fourth-order valence-corrected chi connectivity index (χ4v) is 5.84. The molecule has 3 aliphatic heterocycles. The van der Waals surface area contributed by atoms with Crippen LogP contribution in [0.3, 0.4) is 0 Å². The molecular weight excluding hydrogens is 476 g/mol. The zero-order chi connectivity index (χ0) is 25.1. The number of carbonyl (C=O) groups excluding carboxylic acids is 3. The molecule has 0 spiro atoms. The Morgan fingerprint density at radius 2 is 1.75 bits per heavy atom. The van der Waals surface area contributed by atoms with Crippen molar-refractivity contribution in [1.29, 1.82) is 0 Å². The molecule has 36 heavy (non-hydrogen) atoms. The predicted molar refractivity (Wildman–Crippen MR) is 138 cm³/mol. The lowest BCUT2D eigenvalue weighted by atomic mass is 10.0. The van der Waals surface area contributed by atoms with Crippen LogP contribution in [0.1, 0.15) is 46.8 Å². The first-order valence-corrected chi connectivity index (χ1v) is 13.5. The molecule has 2 fully saturated rings. The molecule has 8 nitrogen and oxygen atoms in total. The molecule has 9 heteroatoms. The highest BCUT2D eigenvalue weighted by atomic mass is 32.2. The van der Waals surface area contributed by atoms with Gasteiger partial charge < -0.3 is 9.64 Å². The lowest BCUT2D eigenvalue weighted by Gasteiger charge is -2.33. The summed E-state index contributed by atoms with van der Waals surface area (Å²) in [6.07, 6.45) is 0.588. The third-order valence-electron chi connectivity index (χ3n) is 7.01. The quantitative estimate of drug-likeness (QED) is 0.434. The summed E-state index contributed by atoms with van der Waals surface area (Å²) in [5.41, 5.74) is 3.71. The van der Waals surface area contributed by atoms with E-state index in [0.29, 0.717) is 30.9 Å². The second kappa shape index (κ2) is 11.0. The largest absolute Gasteiger partial charge is 0.489 e. The van der Waals surface area contributed by atoms with Crippen LogP contribution in [-0.2, 0) is 29.3 Å². The van der Waals surface area contributed by atoms with Crippen LogP contribution >= 0.6 is 11.9 Å². The van der Waals surface area contributed by atoms with Gasteiger partial charge in [-0.05, 0) is 29.7 Å². The first-order chi connectivity index (χ1) is 17.5. The van der Waals surface area contributed by atoms with Crippen molar-refractivity contribution in [2.45, 2.75) is 45.5 Å². The SMILES string of the molecule is CCSN1CCN(Cc2ccc(COc3cccc4c3CN(C3CCC(=O)NC3=O)C4=O)cc2)CC1. The van der Waals surface area contributed by atoms with Gasteiger partial charge in [0.2, 0.25) is 11.8 Å². The van der Waals surface area contributed by atoms with Gasteiger partial charge in [-0.3, -0.25) is 24.6 Å². The third kappa shape index (κ3) is 5.43. The van der Waals surface area contributed by atoms with E-state index in [-0.39, 0.29) is 18.2 Å². The van der Waals surface area contributed by atoms with Crippen LogP contribution in [0.25, 0.3) is 0 Å². The minimum absolute atomic E-state index is 0.191. The van der Waals surface area contributed by atoms with Gasteiger partial charge in [-0.15, -0.1) is 0 Å². The number of fused-ring (bicyclic) bond motifs is 1. The van der Waals surface area contributed by atoms with Gasteiger partial charge in [0.25, 0.3) is 5.91 Å². The summed E-state index contributed by atoms with van der Waals surface area (Å²) in [6, 6.07) is 13.3. The number of amides is 3. The average Bonchev–Trinajstić information content (AvgIpc) is 3.22. The number of nitrogens with one attached hydrogen (secondary N) is 1. The van der Waals surface area contributed by atoms with Crippen LogP contribution < -0.4 is 10.1 Å². The molecule has 2 saturated heterocycles. The van der Waals surface area contributed by atoms with E-state index < -0.39 is 11.9 Å². The molecule has 1 N–H and O–H groups in total. The number of hydrogen-bond donors (Lipinski definition) is 1. The summed E-state index contributed by atoms with van der Waals surface area (Å²) in [6.45, 7) is 8.25. The maximum absolute atomic E-state index is 13.0. The van der Waals surface area contributed by atoms with E-state index in [0.717, 1.165) is 49.6 Å². The number of hydrogen-bond acceptors (Lipinski definition) is 7. The lowest BCUT2D eigenvalue weighted by molar-refractivity contribution is -0.136. The van der Waals surface area contributed by atoms with Crippen molar-refractivity contribution < 1.29 is 19.1 Å². The van der Waals surface area contributed by atoms with Crippen LogP contribution in [0.4, 0.5) is 0 Å². The van der Waals surface area contributed by atoms with Gasteiger partial charge in [0, 0.05) is 56.0 Å². The number of benzene rings is 2. The molecule has 0 aliphatic carbocycles. The van der Waals surface area contributed by atoms with E-state index in [9.17, 15) is 14.4 Å². The highest BCUT2D eigenvalue weighted by molar-refractivity contribution is 7.96. The van der Waals surface area contributed by atoms with Crippen LogP contribution in [0, 0.1) is 0 Å². The van der Waals surface area contributed by atoms with Crippen molar-refractivity contribution in [3.8, 4) is 5.75 Å². The maximum atomic E-state index is 13.0. The second-order valence-electron chi connectivity index (χ2n) is 9.41. The number of imide groups is 1. The monoisotopic (exact) mass is 508 g/mol. The predicted octanol–water partition coefficient (Wildman–Crippen LogP) is 2.81. The number of piperazine rings is 1.